The van der Waals surface area contributed by atoms with Crippen LogP contribution in [0.1, 0.15) is 12.8 Å². The van der Waals surface area contributed by atoms with Crippen molar-refractivity contribution in [2.75, 3.05) is 30.8 Å². The Kier molecular flexibility index (Phi) is 5.72. The van der Waals surface area contributed by atoms with Gasteiger partial charge in [0.25, 0.3) is 0 Å². The van der Waals surface area contributed by atoms with Crippen LogP contribution in [0, 0.1) is 0 Å². The molecule has 1 aromatic rings. The van der Waals surface area contributed by atoms with Gasteiger partial charge < -0.3 is 15.4 Å². The number of imide groups is 1. The summed E-state index contributed by atoms with van der Waals surface area (Å²) >= 11 is 0. The summed E-state index contributed by atoms with van der Waals surface area (Å²) < 4.78 is 4.47. The number of methoxy groups -OCH3 is 1. The maximum Gasteiger partial charge on any atom is 0.411 e. The number of anilines is 2. The van der Waals surface area contributed by atoms with Crippen molar-refractivity contribution in [1.29, 1.82) is 0 Å². The van der Waals surface area contributed by atoms with E-state index in [0.717, 1.165) is 4.90 Å². The Morgan fingerprint density at radius 3 is 2.12 bits per heavy atom. The third kappa shape index (κ3) is 4.70. The fraction of sp³-hybridized carbons (Fsp3) is 0.333. The monoisotopic (exact) mass is 334 g/mol. The van der Waals surface area contributed by atoms with Crippen molar-refractivity contribution >= 4 is 35.3 Å². The number of hydrogen-bond donors (Lipinski definition) is 3. The van der Waals surface area contributed by atoms with Gasteiger partial charge in [0.1, 0.15) is 0 Å². The highest BCUT2D eigenvalue weighted by Crippen LogP contribution is 2.13. The second-order valence-electron chi connectivity index (χ2n) is 5.01. The van der Waals surface area contributed by atoms with Crippen LogP contribution in [-0.2, 0) is 14.3 Å². The van der Waals surface area contributed by atoms with E-state index in [0.29, 0.717) is 11.4 Å². The van der Waals surface area contributed by atoms with Crippen molar-refractivity contribution in [3.05, 3.63) is 24.3 Å². The molecule has 0 saturated carbocycles. The smallest absolute Gasteiger partial charge is 0.411 e. The highest BCUT2D eigenvalue weighted by atomic mass is 16.5. The van der Waals surface area contributed by atoms with Gasteiger partial charge in [0, 0.05) is 37.3 Å². The van der Waals surface area contributed by atoms with Crippen LogP contribution in [0.25, 0.3) is 0 Å². The minimum atomic E-state index is -0.584. The molecule has 0 aromatic heterocycles. The summed E-state index contributed by atoms with van der Waals surface area (Å²) in [4.78, 5) is 46.8. The van der Waals surface area contributed by atoms with E-state index in [2.05, 4.69) is 20.7 Å². The molecule has 5 amide bonds. The average molecular weight is 334 g/mol. The summed E-state index contributed by atoms with van der Waals surface area (Å²) in [5.41, 5.74) is 1.05. The summed E-state index contributed by atoms with van der Waals surface area (Å²) in [6.45, 7) is 0.332. The lowest BCUT2D eigenvalue weighted by atomic mass is 10.3. The largest absolute Gasteiger partial charge is 0.453 e. The molecule has 9 nitrogen and oxygen atoms in total. The summed E-state index contributed by atoms with van der Waals surface area (Å²) in [6, 6.07) is 5.97. The molecular formula is C15H18N4O5. The molecular weight excluding hydrogens is 316 g/mol. The van der Waals surface area contributed by atoms with E-state index in [1.807, 2.05) is 0 Å². The van der Waals surface area contributed by atoms with Crippen LogP contribution in [0.5, 0.6) is 0 Å². The zero-order chi connectivity index (χ0) is 17.5. The first-order chi connectivity index (χ1) is 11.5. The Morgan fingerprint density at radius 2 is 1.58 bits per heavy atom. The van der Waals surface area contributed by atoms with Crippen LogP contribution in [0.2, 0.25) is 0 Å². The predicted octanol–water partition coefficient (Wildman–Crippen LogP) is 1.14. The Bertz CT molecular complexity index is 628. The van der Waals surface area contributed by atoms with Gasteiger partial charge >= 0.3 is 12.1 Å². The summed E-state index contributed by atoms with van der Waals surface area (Å²) in [5, 5.41) is 7.66. The predicted molar refractivity (Wildman–Crippen MR) is 85.4 cm³/mol. The van der Waals surface area contributed by atoms with Crippen LogP contribution >= 0.6 is 0 Å². The number of hydrogen-bond acceptors (Lipinski definition) is 5. The minimum absolute atomic E-state index is 0.160. The number of carbonyl (C=O) groups is 4. The molecule has 0 unspecified atom stereocenters. The van der Waals surface area contributed by atoms with Crippen molar-refractivity contribution in [3.8, 4) is 0 Å². The van der Waals surface area contributed by atoms with E-state index in [4.69, 9.17) is 0 Å². The Balaban J connectivity index is 1.75. The van der Waals surface area contributed by atoms with Crippen molar-refractivity contribution in [1.82, 2.24) is 10.2 Å². The van der Waals surface area contributed by atoms with Crippen LogP contribution in [0.15, 0.2) is 24.3 Å². The van der Waals surface area contributed by atoms with Gasteiger partial charge in [0.15, 0.2) is 0 Å². The number of carbonyl (C=O) groups excluding carboxylic acids is 4. The number of nitrogens with one attached hydrogen (secondary N) is 3. The van der Waals surface area contributed by atoms with E-state index in [1.54, 1.807) is 24.3 Å². The second kappa shape index (κ2) is 7.95. The maximum absolute atomic E-state index is 11.8. The summed E-state index contributed by atoms with van der Waals surface area (Å²) in [7, 11) is 1.26. The molecule has 9 heteroatoms. The van der Waals surface area contributed by atoms with Gasteiger partial charge in [-0.15, -0.1) is 0 Å². The zero-order valence-corrected chi connectivity index (χ0v) is 13.1. The van der Waals surface area contributed by atoms with Gasteiger partial charge in [-0.1, -0.05) is 0 Å². The molecule has 1 fully saturated rings. The molecule has 2 rings (SSSR count). The molecule has 0 spiro atoms. The average Bonchev–Trinajstić information content (AvgIpc) is 2.88. The first-order valence-electron chi connectivity index (χ1n) is 7.32. The number of amides is 5. The number of likely N-dealkylation sites (tertiary alicyclic amines) is 1. The molecule has 0 aliphatic carbocycles. The van der Waals surface area contributed by atoms with Gasteiger partial charge in [-0.3, -0.25) is 19.8 Å². The molecule has 3 N–H and O–H groups in total. The normalized spacial score (nSPS) is 13.6. The molecule has 128 valence electrons. The SMILES string of the molecule is COC(=O)Nc1ccc(NC(=O)NCCN2C(=O)CCC2=O)cc1. The number of nitrogens with zero attached hydrogens (tertiary/aromatic N) is 1. The minimum Gasteiger partial charge on any atom is -0.453 e. The standard InChI is InChI=1S/C15H18N4O5/c1-24-15(23)18-11-4-2-10(3-5-11)17-14(22)16-8-9-19-12(20)6-7-13(19)21/h2-5H,6-9H2,1H3,(H,18,23)(H2,16,17,22). The first kappa shape index (κ1) is 17.3. The van der Waals surface area contributed by atoms with E-state index >= 15 is 0 Å². The Morgan fingerprint density at radius 1 is 1.04 bits per heavy atom. The number of urea groups is 1. The Labute approximate surface area is 138 Å². The van der Waals surface area contributed by atoms with Gasteiger partial charge in [-0.05, 0) is 24.3 Å². The maximum atomic E-state index is 11.8. The van der Waals surface area contributed by atoms with E-state index in [9.17, 15) is 19.2 Å². The molecule has 1 aliphatic rings. The molecule has 0 bridgehead atoms. The van der Waals surface area contributed by atoms with Crippen molar-refractivity contribution < 1.29 is 23.9 Å². The molecule has 1 aliphatic heterocycles. The third-order valence-corrected chi connectivity index (χ3v) is 3.35. The van der Waals surface area contributed by atoms with E-state index in [-0.39, 0.29) is 37.7 Å². The van der Waals surface area contributed by atoms with Crippen LogP contribution < -0.4 is 16.0 Å². The van der Waals surface area contributed by atoms with Gasteiger partial charge in [-0.25, -0.2) is 9.59 Å². The van der Waals surface area contributed by atoms with Crippen molar-refractivity contribution in [3.63, 3.8) is 0 Å². The third-order valence-electron chi connectivity index (χ3n) is 3.35. The van der Waals surface area contributed by atoms with Crippen LogP contribution in [-0.4, -0.2) is 49.0 Å². The fourth-order valence-corrected chi connectivity index (χ4v) is 2.13. The van der Waals surface area contributed by atoms with Gasteiger partial charge in [0.05, 0.1) is 7.11 Å². The van der Waals surface area contributed by atoms with Crippen LogP contribution in [0.4, 0.5) is 21.0 Å². The lowest BCUT2D eigenvalue weighted by Crippen LogP contribution is -2.39. The van der Waals surface area contributed by atoms with Crippen LogP contribution in [0.3, 0.4) is 0 Å². The van der Waals surface area contributed by atoms with Crippen molar-refractivity contribution in [2.24, 2.45) is 0 Å². The summed E-state index contributed by atoms with van der Waals surface area (Å²) in [5.74, 6) is -0.424. The molecule has 0 atom stereocenters. The topological polar surface area (TPSA) is 117 Å². The zero-order valence-electron chi connectivity index (χ0n) is 13.1. The number of rotatable bonds is 5. The number of ether oxygens (including phenoxy) is 1. The van der Waals surface area contributed by atoms with Gasteiger partial charge in [-0.2, -0.15) is 0 Å². The summed E-state index contributed by atoms with van der Waals surface area (Å²) in [6.07, 6.45) is -0.118. The van der Waals surface area contributed by atoms with Gasteiger partial charge in [0.2, 0.25) is 11.8 Å². The highest BCUT2D eigenvalue weighted by molar-refractivity contribution is 6.02. The molecule has 1 saturated heterocycles. The molecule has 1 heterocycles. The highest BCUT2D eigenvalue weighted by Gasteiger charge is 2.28. The van der Waals surface area contributed by atoms with E-state index in [1.165, 1.54) is 7.11 Å². The molecule has 0 radical (unpaired) electrons. The number of benzene rings is 1. The first-order valence-corrected chi connectivity index (χ1v) is 7.32. The fourth-order valence-electron chi connectivity index (χ4n) is 2.13. The lowest BCUT2D eigenvalue weighted by molar-refractivity contribution is -0.138. The second-order valence-corrected chi connectivity index (χ2v) is 5.01. The molecule has 1 aromatic carbocycles. The Hall–Kier alpha value is -3.10. The molecule has 24 heavy (non-hydrogen) atoms. The quantitative estimate of drug-likeness (QED) is 0.698. The van der Waals surface area contributed by atoms with Crippen molar-refractivity contribution in [2.45, 2.75) is 12.8 Å². The van der Waals surface area contributed by atoms with E-state index < -0.39 is 12.1 Å². The lowest BCUT2D eigenvalue weighted by Gasteiger charge is -2.14.